The van der Waals surface area contributed by atoms with Crippen LogP contribution in [-0.2, 0) is 9.53 Å². The predicted octanol–water partition coefficient (Wildman–Crippen LogP) is 2.74. The van der Waals surface area contributed by atoms with Crippen LogP contribution in [0.2, 0.25) is 0 Å². The molecular formula is C14H27NO2. The molecule has 1 N–H and O–H groups in total. The van der Waals surface area contributed by atoms with Crippen LogP contribution >= 0.6 is 0 Å². The van der Waals surface area contributed by atoms with Crippen LogP contribution in [0.5, 0.6) is 0 Å². The molecule has 1 saturated carbocycles. The number of hydrogen-bond acceptors (Lipinski definition) is 3. The quantitative estimate of drug-likeness (QED) is 0.664. The minimum Gasteiger partial charge on any atom is -0.465 e. The number of esters is 1. The number of carbonyl (C=O) groups excluding carboxylic acids is 1. The number of rotatable bonds is 8. The molecule has 0 aromatic rings. The topological polar surface area (TPSA) is 38.3 Å². The minimum absolute atomic E-state index is 0.0890. The van der Waals surface area contributed by atoms with Crippen molar-refractivity contribution in [2.45, 2.75) is 59.4 Å². The Morgan fingerprint density at radius 2 is 2.00 bits per heavy atom. The number of ether oxygens (including phenoxy) is 1. The third-order valence-corrected chi connectivity index (χ3v) is 3.97. The molecule has 100 valence electrons. The molecule has 1 unspecified atom stereocenters. The maximum atomic E-state index is 11.8. The van der Waals surface area contributed by atoms with Gasteiger partial charge in [0, 0.05) is 6.54 Å². The van der Waals surface area contributed by atoms with Gasteiger partial charge in [0.1, 0.15) is 6.04 Å². The molecule has 0 aromatic carbocycles. The van der Waals surface area contributed by atoms with Gasteiger partial charge in [-0.15, -0.1) is 0 Å². The van der Waals surface area contributed by atoms with Crippen molar-refractivity contribution in [2.75, 3.05) is 13.2 Å². The summed E-state index contributed by atoms with van der Waals surface area (Å²) < 4.78 is 5.10. The maximum absolute atomic E-state index is 11.8. The zero-order valence-corrected chi connectivity index (χ0v) is 11.7. The van der Waals surface area contributed by atoms with Crippen molar-refractivity contribution in [1.29, 1.82) is 0 Å². The fourth-order valence-corrected chi connectivity index (χ4v) is 2.28. The van der Waals surface area contributed by atoms with Gasteiger partial charge in [0.05, 0.1) is 6.61 Å². The lowest BCUT2D eigenvalue weighted by atomic mass is 9.92. The first-order valence-electron chi connectivity index (χ1n) is 6.95. The molecule has 3 heteroatoms. The summed E-state index contributed by atoms with van der Waals surface area (Å²) in [5, 5.41) is 3.41. The molecule has 1 rings (SSSR count). The summed E-state index contributed by atoms with van der Waals surface area (Å²) in [4.78, 5) is 11.8. The highest BCUT2D eigenvalue weighted by Gasteiger charge is 2.45. The monoisotopic (exact) mass is 241 g/mol. The van der Waals surface area contributed by atoms with Crippen LogP contribution in [0, 0.1) is 11.3 Å². The molecule has 0 spiro atoms. The Bertz CT molecular complexity index is 247. The summed E-state index contributed by atoms with van der Waals surface area (Å²) in [5.41, 5.74) is 0.443. The number of nitrogens with one attached hydrogen (secondary N) is 1. The first-order valence-corrected chi connectivity index (χ1v) is 6.95. The lowest BCUT2D eigenvalue weighted by Crippen LogP contribution is -2.42. The van der Waals surface area contributed by atoms with Gasteiger partial charge in [-0.2, -0.15) is 0 Å². The van der Waals surface area contributed by atoms with Crippen LogP contribution < -0.4 is 5.32 Å². The highest BCUT2D eigenvalue weighted by Crippen LogP contribution is 2.51. The van der Waals surface area contributed by atoms with E-state index in [4.69, 9.17) is 4.74 Å². The molecule has 1 atom stereocenters. The van der Waals surface area contributed by atoms with E-state index < -0.39 is 0 Å². The predicted molar refractivity (Wildman–Crippen MR) is 69.8 cm³/mol. The van der Waals surface area contributed by atoms with E-state index >= 15 is 0 Å². The number of carbonyl (C=O) groups is 1. The largest absolute Gasteiger partial charge is 0.465 e. The van der Waals surface area contributed by atoms with Gasteiger partial charge in [0.2, 0.25) is 0 Å². The molecule has 0 aromatic heterocycles. The van der Waals surface area contributed by atoms with Crippen molar-refractivity contribution in [3.8, 4) is 0 Å². The lowest BCUT2D eigenvalue weighted by molar-refractivity contribution is -0.146. The van der Waals surface area contributed by atoms with Crippen molar-refractivity contribution in [3.05, 3.63) is 0 Å². The Kier molecular flexibility index (Phi) is 5.44. The van der Waals surface area contributed by atoms with Crippen molar-refractivity contribution < 1.29 is 9.53 Å². The van der Waals surface area contributed by atoms with Gasteiger partial charge in [-0.3, -0.25) is 4.79 Å². The fourth-order valence-electron chi connectivity index (χ4n) is 2.28. The molecule has 3 nitrogen and oxygen atoms in total. The van der Waals surface area contributed by atoms with Gasteiger partial charge < -0.3 is 10.1 Å². The summed E-state index contributed by atoms with van der Waals surface area (Å²) in [5.74, 6) is 0.605. The summed E-state index contributed by atoms with van der Waals surface area (Å²) in [6.07, 6.45) is 4.46. The van der Waals surface area contributed by atoms with E-state index in [1.165, 1.54) is 12.8 Å². The molecule has 0 saturated heterocycles. The highest BCUT2D eigenvalue weighted by atomic mass is 16.5. The average Bonchev–Trinajstić information content (AvgIpc) is 3.05. The zero-order valence-electron chi connectivity index (χ0n) is 11.7. The first kappa shape index (κ1) is 14.5. The molecule has 1 aliphatic rings. The summed E-state index contributed by atoms with van der Waals surface area (Å²) in [6, 6.07) is -0.115. The van der Waals surface area contributed by atoms with Gasteiger partial charge in [0.15, 0.2) is 0 Å². The van der Waals surface area contributed by atoms with E-state index in [1.807, 2.05) is 6.92 Å². The first-order chi connectivity index (χ1) is 8.05. The normalized spacial score (nSPS) is 19.1. The van der Waals surface area contributed by atoms with Crippen molar-refractivity contribution >= 4 is 5.97 Å². The molecule has 0 amide bonds. The molecule has 0 aliphatic heterocycles. The van der Waals surface area contributed by atoms with Crippen LogP contribution in [0.3, 0.4) is 0 Å². The molecule has 0 bridgehead atoms. The second kappa shape index (κ2) is 6.39. The van der Waals surface area contributed by atoms with E-state index in [2.05, 4.69) is 26.1 Å². The molecule has 1 fully saturated rings. The third-order valence-electron chi connectivity index (χ3n) is 3.97. The van der Waals surface area contributed by atoms with Gasteiger partial charge in [-0.05, 0) is 37.5 Å². The van der Waals surface area contributed by atoms with E-state index in [-0.39, 0.29) is 12.0 Å². The smallest absolute Gasteiger partial charge is 0.323 e. The molecule has 0 heterocycles. The lowest BCUT2D eigenvalue weighted by Gasteiger charge is -2.24. The van der Waals surface area contributed by atoms with Crippen molar-refractivity contribution in [2.24, 2.45) is 11.3 Å². The molecular weight excluding hydrogens is 214 g/mol. The van der Waals surface area contributed by atoms with Crippen LogP contribution in [0.15, 0.2) is 0 Å². The molecule has 1 aliphatic carbocycles. The summed E-state index contributed by atoms with van der Waals surface area (Å²) in [6.45, 7) is 9.92. The fraction of sp³-hybridized carbons (Fsp3) is 0.929. The SMILES string of the molecule is CCCC(NCC1(C(C)C)CC1)C(=O)OCC. The Balaban J connectivity index is 2.41. The average molecular weight is 241 g/mol. The van der Waals surface area contributed by atoms with E-state index in [1.54, 1.807) is 0 Å². The maximum Gasteiger partial charge on any atom is 0.323 e. The molecule has 0 radical (unpaired) electrons. The Morgan fingerprint density at radius 3 is 2.41 bits per heavy atom. The van der Waals surface area contributed by atoms with Crippen LogP contribution in [0.1, 0.15) is 53.4 Å². The van der Waals surface area contributed by atoms with E-state index in [0.29, 0.717) is 17.9 Å². The molecule has 17 heavy (non-hydrogen) atoms. The Hall–Kier alpha value is -0.570. The highest BCUT2D eigenvalue weighted by molar-refractivity contribution is 5.75. The van der Waals surface area contributed by atoms with Gasteiger partial charge in [-0.25, -0.2) is 0 Å². The summed E-state index contributed by atoms with van der Waals surface area (Å²) >= 11 is 0. The van der Waals surface area contributed by atoms with Crippen LogP contribution in [0.25, 0.3) is 0 Å². The standard InChI is InChI=1S/C14H27NO2/c1-5-7-12(13(16)17-6-2)15-10-14(8-9-14)11(3)4/h11-12,15H,5-10H2,1-4H3. The van der Waals surface area contributed by atoms with Gasteiger partial charge in [0.25, 0.3) is 0 Å². The summed E-state index contributed by atoms with van der Waals surface area (Å²) in [7, 11) is 0. The van der Waals surface area contributed by atoms with Gasteiger partial charge in [-0.1, -0.05) is 27.2 Å². The van der Waals surface area contributed by atoms with Crippen LogP contribution in [0.4, 0.5) is 0 Å². The Morgan fingerprint density at radius 1 is 1.35 bits per heavy atom. The van der Waals surface area contributed by atoms with Crippen molar-refractivity contribution in [1.82, 2.24) is 5.32 Å². The van der Waals surface area contributed by atoms with Crippen LogP contribution in [-0.4, -0.2) is 25.2 Å². The second-order valence-corrected chi connectivity index (χ2v) is 5.49. The third kappa shape index (κ3) is 3.98. The zero-order chi connectivity index (χ0) is 12.9. The Labute approximate surface area is 105 Å². The van der Waals surface area contributed by atoms with Gasteiger partial charge >= 0.3 is 5.97 Å². The van der Waals surface area contributed by atoms with E-state index in [9.17, 15) is 4.79 Å². The minimum atomic E-state index is -0.115. The van der Waals surface area contributed by atoms with E-state index in [0.717, 1.165) is 19.4 Å². The number of hydrogen-bond donors (Lipinski definition) is 1. The second-order valence-electron chi connectivity index (χ2n) is 5.49. The van der Waals surface area contributed by atoms with Crippen molar-refractivity contribution in [3.63, 3.8) is 0 Å².